The summed E-state index contributed by atoms with van der Waals surface area (Å²) in [5.41, 5.74) is 6.25. The van der Waals surface area contributed by atoms with Crippen LogP contribution in [0.5, 0.6) is 5.75 Å². The summed E-state index contributed by atoms with van der Waals surface area (Å²) in [6, 6.07) is 8.96. The van der Waals surface area contributed by atoms with Crippen LogP contribution < -0.4 is 10.5 Å². The topological polar surface area (TPSA) is 109 Å². The number of halogens is 6. The quantitative estimate of drug-likeness (QED) is 0.320. The van der Waals surface area contributed by atoms with E-state index >= 15 is 0 Å². The fourth-order valence-corrected chi connectivity index (χ4v) is 2.78. The Balaban J connectivity index is 1.89. The van der Waals surface area contributed by atoms with E-state index in [0.717, 1.165) is 22.9 Å². The summed E-state index contributed by atoms with van der Waals surface area (Å²) in [6.07, 6.45) is -8.85. The Morgan fingerprint density at radius 2 is 1.62 bits per heavy atom. The fraction of sp³-hybridized carbons (Fsp3) is 0.200. The highest BCUT2D eigenvalue weighted by atomic mass is 19.4. The molecule has 3 rings (SSSR count). The number of alkyl halides is 6. The second-order valence-electron chi connectivity index (χ2n) is 6.60. The molecule has 0 aliphatic rings. The van der Waals surface area contributed by atoms with Crippen LogP contribution in [0, 0.1) is 0 Å². The lowest BCUT2D eigenvalue weighted by atomic mass is 10.1. The number of esters is 2. The van der Waals surface area contributed by atoms with Crippen LogP contribution in [0.2, 0.25) is 0 Å². The smallest absolute Gasteiger partial charge is 0.406 e. The van der Waals surface area contributed by atoms with Gasteiger partial charge in [-0.1, -0.05) is 0 Å². The van der Waals surface area contributed by atoms with E-state index in [9.17, 15) is 35.9 Å². The number of hydrogen-bond donors (Lipinski definition) is 1. The summed E-state index contributed by atoms with van der Waals surface area (Å²) in [7, 11) is 0. The molecule has 0 aliphatic heterocycles. The number of pyridine rings is 1. The highest BCUT2D eigenvalue weighted by molar-refractivity contribution is 5.97. The normalized spacial score (nSPS) is 11.9. The van der Waals surface area contributed by atoms with Crippen molar-refractivity contribution in [2.24, 2.45) is 5.73 Å². The minimum absolute atomic E-state index is 0.0252. The van der Waals surface area contributed by atoms with Crippen LogP contribution in [0.1, 0.15) is 10.5 Å². The molecular weight excluding hydrogens is 474 g/mol. The van der Waals surface area contributed by atoms with E-state index in [4.69, 9.17) is 5.73 Å². The molecular formula is C20H14F6N4O4. The van der Waals surface area contributed by atoms with Crippen LogP contribution in [-0.4, -0.2) is 45.8 Å². The summed E-state index contributed by atoms with van der Waals surface area (Å²) in [5, 5.41) is 4.12. The highest BCUT2D eigenvalue weighted by Crippen LogP contribution is 2.28. The van der Waals surface area contributed by atoms with Crippen LogP contribution in [0.15, 0.2) is 48.7 Å². The third kappa shape index (κ3) is 6.10. The first-order valence-electron chi connectivity index (χ1n) is 9.31. The van der Waals surface area contributed by atoms with Crippen molar-refractivity contribution in [1.82, 2.24) is 14.8 Å². The number of benzene rings is 1. The molecule has 14 heteroatoms. The Labute approximate surface area is 186 Å². The molecule has 0 amide bonds. The first-order valence-corrected chi connectivity index (χ1v) is 9.31. The maximum Gasteiger partial charge on any atom is 0.573 e. The van der Waals surface area contributed by atoms with Gasteiger partial charge in [0.05, 0.1) is 17.9 Å². The molecule has 0 bridgehead atoms. The second-order valence-corrected chi connectivity index (χ2v) is 6.60. The Kier molecular flexibility index (Phi) is 6.91. The van der Waals surface area contributed by atoms with Gasteiger partial charge in [0.25, 0.3) is 0 Å². The maximum absolute atomic E-state index is 12.4. The summed E-state index contributed by atoms with van der Waals surface area (Å²) in [5.74, 6) is -4.67. The van der Waals surface area contributed by atoms with Crippen molar-refractivity contribution in [3.8, 4) is 28.3 Å². The van der Waals surface area contributed by atoms with Crippen LogP contribution in [-0.2, 0) is 16.1 Å². The summed E-state index contributed by atoms with van der Waals surface area (Å²) < 4.78 is 82.9. The van der Waals surface area contributed by atoms with Crippen molar-refractivity contribution in [3.05, 3.63) is 54.4 Å². The Bertz CT molecular complexity index is 1190. The molecule has 0 radical (unpaired) electrons. The number of nitrogens with two attached hydrogens (primary N) is 1. The molecule has 180 valence electrons. The third-order valence-corrected chi connectivity index (χ3v) is 4.19. The number of aromatic nitrogens is 3. The predicted molar refractivity (Wildman–Crippen MR) is 103 cm³/mol. The standard InChI is InChI=1S/C20H14F6N4O4/c21-19(22,23)18(32)33-17(31)16-10-15(29-30(16)8-6-27)12-5-7-28-14(9-12)11-1-3-13(4-2-11)34-20(24,25)26/h1-5,7,9-10H,6,8,27H2. The monoisotopic (exact) mass is 488 g/mol. The zero-order valence-electron chi connectivity index (χ0n) is 16.9. The van der Waals surface area contributed by atoms with E-state index in [1.54, 1.807) is 0 Å². The fourth-order valence-electron chi connectivity index (χ4n) is 2.78. The molecule has 0 atom stereocenters. The van der Waals surface area contributed by atoms with Gasteiger partial charge in [-0.05, 0) is 42.5 Å². The molecule has 1 aromatic carbocycles. The van der Waals surface area contributed by atoms with E-state index < -0.39 is 35.9 Å². The predicted octanol–water partition coefficient (Wildman–Crippen LogP) is 3.72. The lowest BCUT2D eigenvalue weighted by Crippen LogP contribution is -2.29. The Morgan fingerprint density at radius 1 is 0.941 bits per heavy atom. The van der Waals surface area contributed by atoms with Crippen molar-refractivity contribution in [2.45, 2.75) is 19.1 Å². The molecule has 0 saturated heterocycles. The Morgan fingerprint density at radius 3 is 2.21 bits per heavy atom. The number of carbonyl (C=O) groups excluding carboxylic acids is 2. The molecule has 0 unspecified atom stereocenters. The largest absolute Gasteiger partial charge is 0.573 e. The average Bonchev–Trinajstić information content (AvgIpc) is 3.17. The lowest BCUT2D eigenvalue weighted by molar-refractivity contribution is -0.274. The van der Waals surface area contributed by atoms with E-state index in [2.05, 4.69) is 19.6 Å². The van der Waals surface area contributed by atoms with Gasteiger partial charge < -0.3 is 15.2 Å². The van der Waals surface area contributed by atoms with Crippen molar-refractivity contribution in [1.29, 1.82) is 0 Å². The molecule has 0 fully saturated rings. The van der Waals surface area contributed by atoms with Crippen LogP contribution in [0.4, 0.5) is 26.3 Å². The number of hydrogen-bond acceptors (Lipinski definition) is 7. The van der Waals surface area contributed by atoms with Crippen LogP contribution in [0.3, 0.4) is 0 Å². The number of ether oxygens (including phenoxy) is 2. The van der Waals surface area contributed by atoms with E-state index in [0.29, 0.717) is 16.8 Å². The molecule has 2 aromatic heterocycles. The highest BCUT2D eigenvalue weighted by Gasteiger charge is 2.43. The van der Waals surface area contributed by atoms with Crippen molar-refractivity contribution >= 4 is 11.9 Å². The number of carbonyl (C=O) groups is 2. The van der Waals surface area contributed by atoms with Gasteiger partial charge in [0.1, 0.15) is 11.4 Å². The first kappa shape index (κ1) is 24.7. The second kappa shape index (κ2) is 9.51. The average molecular weight is 488 g/mol. The zero-order chi connectivity index (χ0) is 25.1. The van der Waals surface area contributed by atoms with Gasteiger partial charge in [-0.2, -0.15) is 18.3 Å². The summed E-state index contributed by atoms with van der Waals surface area (Å²) in [6.45, 7) is -0.0915. The van der Waals surface area contributed by atoms with Crippen molar-refractivity contribution < 1.29 is 45.4 Å². The zero-order valence-corrected chi connectivity index (χ0v) is 16.9. The third-order valence-electron chi connectivity index (χ3n) is 4.19. The molecule has 0 aliphatic carbocycles. The molecule has 0 spiro atoms. The van der Waals surface area contributed by atoms with Crippen molar-refractivity contribution in [3.63, 3.8) is 0 Å². The molecule has 34 heavy (non-hydrogen) atoms. The van der Waals surface area contributed by atoms with Crippen LogP contribution in [0.25, 0.3) is 22.5 Å². The molecule has 0 saturated carbocycles. The van der Waals surface area contributed by atoms with Gasteiger partial charge in [0, 0.05) is 23.9 Å². The number of rotatable bonds is 6. The minimum Gasteiger partial charge on any atom is -0.406 e. The molecule has 2 heterocycles. The van der Waals surface area contributed by atoms with Gasteiger partial charge in [-0.3, -0.25) is 9.67 Å². The van der Waals surface area contributed by atoms with E-state index in [-0.39, 0.29) is 18.8 Å². The maximum atomic E-state index is 12.4. The SMILES string of the molecule is NCCn1nc(-c2ccnc(-c3ccc(OC(F)(F)F)cc3)c2)cc1C(=O)OC(=O)C(F)(F)F. The van der Waals surface area contributed by atoms with Gasteiger partial charge in [0.15, 0.2) is 0 Å². The summed E-state index contributed by atoms with van der Waals surface area (Å²) >= 11 is 0. The first-order chi connectivity index (χ1) is 15.9. The molecule has 3 aromatic rings. The van der Waals surface area contributed by atoms with Crippen LogP contribution >= 0.6 is 0 Å². The van der Waals surface area contributed by atoms with Gasteiger partial charge >= 0.3 is 24.5 Å². The lowest BCUT2D eigenvalue weighted by Gasteiger charge is -2.09. The van der Waals surface area contributed by atoms with Gasteiger partial charge in [-0.25, -0.2) is 9.59 Å². The summed E-state index contributed by atoms with van der Waals surface area (Å²) in [4.78, 5) is 27.2. The van der Waals surface area contributed by atoms with E-state index in [1.165, 1.54) is 30.5 Å². The van der Waals surface area contributed by atoms with Crippen molar-refractivity contribution in [2.75, 3.05) is 6.54 Å². The Hall–Kier alpha value is -3.94. The number of nitrogens with zero attached hydrogens (tertiary/aromatic N) is 3. The van der Waals surface area contributed by atoms with E-state index in [1.807, 2.05) is 0 Å². The van der Waals surface area contributed by atoms with Gasteiger partial charge in [0.2, 0.25) is 0 Å². The van der Waals surface area contributed by atoms with Gasteiger partial charge in [-0.15, -0.1) is 13.2 Å². The molecule has 2 N–H and O–H groups in total. The minimum atomic E-state index is -5.36. The molecule has 8 nitrogen and oxygen atoms in total.